The molecule has 4 heterocycles. The quantitative estimate of drug-likeness (QED) is 0.123. The molecule has 12 nitrogen and oxygen atoms in total. The Hall–Kier alpha value is -2.05. The number of nitrogens with one attached hydrogen (secondary N) is 2. The standard InChI is InChI=1S/C20H22ClN7O5S4/c21-15-11(26-20(23)37-15)12(27-33)16(29)25-13-17(30)28-14(19(31)32)10(7-35-18(13)28)36-9-2-1-4-24-8(9)6-34-5-3-22/h1-2,4,12-13,18,27,33H,3,5-7,22H2,(H2,23,26)(H,25,29)(H,31,32)/t12?,13-,18+/m1/s1. The van der Waals surface area contributed by atoms with E-state index in [-0.39, 0.29) is 20.9 Å². The molecule has 0 bridgehead atoms. The van der Waals surface area contributed by atoms with Gasteiger partial charge in [-0.25, -0.2) is 9.78 Å². The Morgan fingerprint density at radius 3 is 2.84 bits per heavy atom. The number of carboxylic acids is 1. The Balaban J connectivity index is 1.51. The molecule has 198 valence electrons. The summed E-state index contributed by atoms with van der Waals surface area (Å²) in [5.41, 5.74) is 13.7. The molecule has 0 radical (unpaired) electrons. The van der Waals surface area contributed by atoms with Gasteiger partial charge in [0.25, 0.3) is 5.91 Å². The summed E-state index contributed by atoms with van der Waals surface area (Å²) in [4.78, 5) is 48.9. The highest BCUT2D eigenvalue weighted by Gasteiger charge is 2.54. The van der Waals surface area contributed by atoms with E-state index in [0.29, 0.717) is 23.0 Å². The minimum atomic E-state index is -1.36. The van der Waals surface area contributed by atoms with E-state index in [1.165, 1.54) is 28.4 Å². The number of anilines is 1. The molecule has 2 amide bonds. The maximum absolute atomic E-state index is 13.0. The van der Waals surface area contributed by atoms with Crippen LogP contribution in [0.3, 0.4) is 0 Å². The third-order valence-corrected chi connectivity index (χ3v) is 10.1. The number of nitrogens with two attached hydrogens (primary N) is 2. The van der Waals surface area contributed by atoms with E-state index < -0.39 is 35.2 Å². The summed E-state index contributed by atoms with van der Waals surface area (Å²) >= 11 is 11.2. The number of rotatable bonds is 11. The number of carboxylic acid groups (broad SMARTS) is 1. The lowest BCUT2D eigenvalue weighted by Crippen LogP contribution is -2.71. The van der Waals surface area contributed by atoms with Crippen molar-refractivity contribution in [2.24, 2.45) is 5.73 Å². The number of nitrogens with zero attached hydrogens (tertiary/aromatic N) is 3. The van der Waals surface area contributed by atoms with Crippen molar-refractivity contribution < 1.29 is 24.7 Å². The van der Waals surface area contributed by atoms with Gasteiger partial charge in [0.05, 0.1) is 5.69 Å². The zero-order valence-electron chi connectivity index (χ0n) is 18.9. The molecular weight excluding hydrogens is 582 g/mol. The molecule has 1 unspecified atom stereocenters. The number of nitrogen functional groups attached to an aromatic ring is 1. The zero-order chi connectivity index (χ0) is 26.7. The van der Waals surface area contributed by atoms with E-state index in [9.17, 15) is 24.7 Å². The van der Waals surface area contributed by atoms with Gasteiger partial charge in [0.1, 0.15) is 27.1 Å². The Bertz CT molecular complexity index is 1250. The maximum atomic E-state index is 13.0. The molecule has 37 heavy (non-hydrogen) atoms. The van der Waals surface area contributed by atoms with Crippen LogP contribution in [0, 0.1) is 0 Å². The van der Waals surface area contributed by atoms with Gasteiger partial charge in [0.2, 0.25) is 5.91 Å². The van der Waals surface area contributed by atoms with Gasteiger partial charge in [-0.3, -0.25) is 19.5 Å². The molecule has 4 rings (SSSR count). The number of β-lactam (4-membered cyclic amide) rings is 1. The van der Waals surface area contributed by atoms with Crippen molar-refractivity contribution in [3.63, 3.8) is 0 Å². The fourth-order valence-electron chi connectivity index (χ4n) is 3.67. The first-order valence-corrected chi connectivity index (χ1v) is 14.9. The molecule has 1 fully saturated rings. The Labute approximate surface area is 232 Å². The number of hydrogen-bond donors (Lipinski definition) is 6. The number of thioether (sulfide) groups is 3. The molecule has 17 heteroatoms. The smallest absolute Gasteiger partial charge is 0.353 e. The third kappa shape index (κ3) is 5.85. The SMILES string of the molecule is NCCSCc1ncccc1SC1=C(C(=O)O)N2C(=O)[C@@H](NC(=O)C(NO)c3nc(N)sc3Cl)[C@@H]2SC1. The maximum Gasteiger partial charge on any atom is 0.353 e. The first kappa shape index (κ1) is 28.0. The van der Waals surface area contributed by atoms with Crippen molar-refractivity contribution in [1.29, 1.82) is 0 Å². The second-order valence-electron chi connectivity index (χ2n) is 7.64. The predicted molar refractivity (Wildman–Crippen MR) is 144 cm³/mol. The molecule has 0 aromatic carbocycles. The highest BCUT2D eigenvalue weighted by Crippen LogP contribution is 2.46. The predicted octanol–water partition coefficient (Wildman–Crippen LogP) is 1.47. The molecule has 8 N–H and O–H groups in total. The highest BCUT2D eigenvalue weighted by molar-refractivity contribution is 8.06. The summed E-state index contributed by atoms with van der Waals surface area (Å²) in [6, 6.07) is 1.27. The van der Waals surface area contributed by atoms with E-state index in [1.807, 2.05) is 11.5 Å². The number of amides is 2. The molecule has 2 aliphatic heterocycles. The topological polar surface area (TPSA) is 197 Å². The lowest BCUT2D eigenvalue weighted by molar-refractivity contribution is -0.151. The second kappa shape index (κ2) is 12.2. The van der Waals surface area contributed by atoms with Crippen molar-refractivity contribution in [2.45, 2.75) is 28.1 Å². The largest absolute Gasteiger partial charge is 0.477 e. The number of pyridine rings is 1. The fourth-order valence-corrected chi connectivity index (χ4v) is 8.05. The lowest BCUT2D eigenvalue weighted by atomic mass is 10.0. The van der Waals surface area contributed by atoms with Crippen LogP contribution in [0.15, 0.2) is 33.8 Å². The van der Waals surface area contributed by atoms with E-state index in [0.717, 1.165) is 27.7 Å². The molecule has 0 spiro atoms. The number of aromatic nitrogens is 2. The number of halogens is 1. The Kier molecular flexibility index (Phi) is 9.23. The number of fused-ring (bicyclic) bond motifs is 1. The van der Waals surface area contributed by atoms with Crippen molar-refractivity contribution in [2.75, 3.05) is 23.8 Å². The molecule has 0 aliphatic carbocycles. The summed E-state index contributed by atoms with van der Waals surface area (Å²) in [6.07, 6.45) is 1.68. The van der Waals surface area contributed by atoms with Crippen molar-refractivity contribution >= 4 is 81.1 Å². The average molecular weight is 604 g/mol. The monoisotopic (exact) mass is 603 g/mol. The molecule has 3 atom stereocenters. The minimum absolute atomic E-state index is 0.0193. The molecule has 2 aliphatic rings. The van der Waals surface area contributed by atoms with Crippen molar-refractivity contribution in [3.05, 3.63) is 44.7 Å². The normalized spacial score (nSPS) is 19.9. The first-order valence-electron chi connectivity index (χ1n) is 10.7. The summed E-state index contributed by atoms with van der Waals surface area (Å²) in [5, 5.41) is 21.5. The summed E-state index contributed by atoms with van der Waals surface area (Å²) < 4.78 is 0.113. The van der Waals surface area contributed by atoms with Crippen LogP contribution >= 0.6 is 58.2 Å². The van der Waals surface area contributed by atoms with Crippen LogP contribution in [-0.2, 0) is 20.1 Å². The molecule has 2 aromatic rings. The summed E-state index contributed by atoms with van der Waals surface area (Å²) in [7, 11) is 0. The van der Waals surface area contributed by atoms with Gasteiger partial charge in [0, 0.05) is 39.8 Å². The van der Waals surface area contributed by atoms with Crippen LogP contribution in [-0.4, -0.2) is 72.4 Å². The van der Waals surface area contributed by atoms with E-state index in [2.05, 4.69) is 15.3 Å². The highest BCUT2D eigenvalue weighted by atomic mass is 35.5. The van der Waals surface area contributed by atoms with E-state index in [1.54, 1.807) is 24.0 Å². The van der Waals surface area contributed by atoms with E-state index >= 15 is 0 Å². The molecular formula is C20H22ClN7O5S4. The lowest BCUT2D eigenvalue weighted by Gasteiger charge is -2.49. The molecule has 1 saturated heterocycles. The Morgan fingerprint density at radius 1 is 1.41 bits per heavy atom. The van der Waals surface area contributed by atoms with Gasteiger partial charge < -0.3 is 27.1 Å². The number of hydroxylamine groups is 1. The fraction of sp³-hybridized carbons (Fsp3) is 0.350. The van der Waals surface area contributed by atoms with Crippen molar-refractivity contribution in [1.82, 2.24) is 25.7 Å². The number of carbonyl (C=O) groups excluding carboxylic acids is 2. The van der Waals surface area contributed by atoms with Gasteiger partial charge in [-0.1, -0.05) is 34.7 Å². The number of hydrogen-bond acceptors (Lipinski definition) is 13. The van der Waals surface area contributed by atoms with Crippen LogP contribution < -0.4 is 22.3 Å². The number of thiazole rings is 1. The zero-order valence-corrected chi connectivity index (χ0v) is 22.9. The van der Waals surface area contributed by atoms with Gasteiger partial charge in [0.15, 0.2) is 11.2 Å². The van der Waals surface area contributed by atoms with Crippen LogP contribution in [0.1, 0.15) is 17.4 Å². The van der Waals surface area contributed by atoms with E-state index in [4.69, 9.17) is 23.1 Å². The van der Waals surface area contributed by atoms with Gasteiger partial charge in [-0.05, 0) is 12.1 Å². The minimum Gasteiger partial charge on any atom is -0.477 e. The first-order chi connectivity index (χ1) is 17.8. The van der Waals surface area contributed by atoms with Gasteiger partial charge >= 0.3 is 5.97 Å². The van der Waals surface area contributed by atoms with Gasteiger partial charge in [-0.15, -0.1) is 11.8 Å². The van der Waals surface area contributed by atoms with Crippen LogP contribution in [0.25, 0.3) is 0 Å². The number of aliphatic carboxylic acids is 1. The Morgan fingerprint density at radius 2 is 2.19 bits per heavy atom. The summed E-state index contributed by atoms with van der Waals surface area (Å²) in [6.45, 7) is 0.543. The average Bonchev–Trinajstić information content (AvgIpc) is 3.20. The number of carbonyl (C=O) groups is 3. The van der Waals surface area contributed by atoms with Crippen molar-refractivity contribution in [3.8, 4) is 0 Å². The van der Waals surface area contributed by atoms with Crippen LogP contribution in [0.5, 0.6) is 0 Å². The van der Waals surface area contributed by atoms with Crippen LogP contribution in [0.2, 0.25) is 4.34 Å². The second-order valence-corrected chi connectivity index (χ2v) is 12.6. The third-order valence-electron chi connectivity index (χ3n) is 5.31. The van der Waals surface area contributed by atoms with Crippen LogP contribution in [0.4, 0.5) is 5.13 Å². The van der Waals surface area contributed by atoms with Gasteiger partial charge in [-0.2, -0.15) is 17.2 Å². The molecule has 0 saturated carbocycles. The summed E-state index contributed by atoms with van der Waals surface area (Å²) in [5.74, 6) is -0.875. The molecule has 2 aromatic heterocycles.